The lowest BCUT2D eigenvalue weighted by molar-refractivity contribution is 0.0980. The van der Waals surface area contributed by atoms with Gasteiger partial charge in [0.25, 0.3) is 15.9 Å². The third-order valence-corrected chi connectivity index (χ3v) is 7.17. The maximum Gasteiger partial charge on any atom is 0.281 e. The monoisotopic (exact) mass is 580 g/mol. The Kier molecular flexibility index (Phi) is 11.4. The van der Waals surface area contributed by atoms with Gasteiger partial charge in [-0.05, 0) is 57.7 Å². The standard InChI is InChI=1S/C23H33ClN6O3S.2ClH/c1-22(2,3)21-26-14-16(19(24)29-21)20(31)30-34(32,33)18-10-6-9-17(28-18)25-11-7-8-15-12-23(4,5)27-13-15;;/h6,9-10,14-15,27H,7-8,11-13H2,1-5H3,(H,25,28)(H,30,31);2*1H/t15-;;/m0../s1. The van der Waals surface area contributed by atoms with Crippen molar-refractivity contribution in [2.75, 3.05) is 18.4 Å². The predicted molar refractivity (Wildman–Crippen MR) is 147 cm³/mol. The number of nitrogens with one attached hydrogen (secondary N) is 3. The van der Waals surface area contributed by atoms with Crippen molar-refractivity contribution in [3.8, 4) is 0 Å². The minimum atomic E-state index is -4.22. The topological polar surface area (TPSA) is 126 Å². The van der Waals surface area contributed by atoms with Crippen molar-refractivity contribution in [1.29, 1.82) is 0 Å². The molecule has 0 saturated carbocycles. The average Bonchev–Trinajstić information content (AvgIpc) is 3.09. The maximum absolute atomic E-state index is 12.8. The number of carbonyl (C=O) groups excluding carboxylic acids is 1. The molecule has 2 aromatic rings. The number of rotatable bonds is 8. The molecule has 9 nitrogen and oxygen atoms in total. The SMILES string of the molecule is CC1(C)C[C@H](CCCNc2cccc(S(=O)(=O)NC(=O)c3cnc(C(C)(C)C)nc3Cl)n2)CN1.Cl.Cl. The number of amides is 1. The summed E-state index contributed by atoms with van der Waals surface area (Å²) in [6, 6.07) is 4.59. The molecule has 0 spiro atoms. The summed E-state index contributed by atoms with van der Waals surface area (Å²) in [6.45, 7) is 11.8. The first-order chi connectivity index (χ1) is 15.8. The third-order valence-electron chi connectivity index (χ3n) is 5.65. The van der Waals surface area contributed by atoms with Crippen molar-refractivity contribution in [1.82, 2.24) is 25.0 Å². The molecular formula is C23H35Cl3N6O3S. The molecule has 0 aliphatic carbocycles. The van der Waals surface area contributed by atoms with Crippen LogP contribution < -0.4 is 15.4 Å². The van der Waals surface area contributed by atoms with E-state index in [9.17, 15) is 13.2 Å². The van der Waals surface area contributed by atoms with Gasteiger partial charge in [-0.25, -0.2) is 19.7 Å². The maximum atomic E-state index is 12.8. The zero-order valence-corrected chi connectivity index (χ0v) is 24.3. The third kappa shape index (κ3) is 8.69. The van der Waals surface area contributed by atoms with Gasteiger partial charge in [-0.2, -0.15) is 8.42 Å². The van der Waals surface area contributed by atoms with Crippen molar-refractivity contribution < 1.29 is 13.2 Å². The number of halogens is 3. The Morgan fingerprint density at radius 3 is 2.50 bits per heavy atom. The second kappa shape index (κ2) is 12.7. The van der Waals surface area contributed by atoms with E-state index in [1.54, 1.807) is 12.1 Å². The Labute approximate surface area is 230 Å². The molecule has 3 N–H and O–H groups in total. The molecule has 202 valence electrons. The number of aromatic nitrogens is 3. The van der Waals surface area contributed by atoms with Gasteiger partial charge in [-0.1, -0.05) is 38.4 Å². The Hall–Kier alpha value is -1.72. The van der Waals surface area contributed by atoms with Crippen LogP contribution in [0.25, 0.3) is 0 Å². The highest BCUT2D eigenvalue weighted by Gasteiger charge is 2.29. The highest BCUT2D eigenvalue weighted by Crippen LogP contribution is 2.26. The second-order valence-electron chi connectivity index (χ2n) is 10.3. The number of nitrogens with zero attached hydrogens (tertiary/aromatic N) is 3. The molecule has 3 rings (SSSR count). The smallest absolute Gasteiger partial charge is 0.281 e. The summed E-state index contributed by atoms with van der Waals surface area (Å²) < 4.78 is 27.5. The van der Waals surface area contributed by atoms with Crippen molar-refractivity contribution in [2.45, 2.75) is 69.9 Å². The first kappa shape index (κ1) is 32.3. The van der Waals surface area contributed by atoms with Gasteiger partial charge in [-0.15, -0.1) is 24.8 Å². The van der Waals surface area contributed by atoms with Crippen LogP contribution in [0.5, 0.6) is 0 Å². The number of pyridine rings is 1. The first-order valence-corrected chi connectivity index (χ1v) is 13.2. The van der Waals surface area contributed by atoms with Crippen LogP contribution in [0.15, 0.2) is 29.4 Å². The summed E-state index contributed by atoms with van der Waals surface area (Å²) in [5.74, 6) is 0.597. The molecular weight excluding hydrogens is 547 g/mol. The number of anilines is 1. The Balaban J connectivity index is 0.00000324. The van der Waals surface area contributed by atoms with Gasteiger partial charge in [0.15, 0.2) is 5.03 Å². The van der Waals surface area contributed by atoms with Gasteiger partial charge in [0.1, 0.15) is 16.8 Å². The summed E-state index contributed by atoms with van der Waals surface area (Å²) in [6.07, 6.45) is 4.40. The molecule has 3 heterocycles. The molecule has 0 radical (unpaired) electrons. The fourth-order valence-electron chi connectivity index (χ4n) is 3.86. The van der Waals surface area contributed by atoms with E-state index in [0.29, 0.717) is 24.1 Å². The van der Waals surface area contributed by atoms with Crippen LogP contribution in [0.2, 0.25) is 5.15 Å². The molecule has 0 unspecified atom stereocenters. The minimum Gasteiger partial charge on any atom is -0.370 e. The van der Waals surface area contributed by atoms with E-state index in [0.717, 1.165) is 25.8 Å². The summed E-state index contributed by atoms with van der Waals surface area (Å²) in [5.41, 5.74) is -0.304. The van der Waals surface area contributed by atoms with Crippen LogP contribution in [-0.4, -0.2) is 47.9 Å². The number of carbonyl (C=O) groups is 1. The molecule has 2 aromatic heterocycles. The first-order valence-electron chi connectivity index (χ1n) is 11.3. The van der Waals surface area contributed by atoms with Gasteiger partial charge in [0.05, 0.1) is 5.56 Å². The Bertz CT molecular complexity index is 1160. The van der Waals surface area contributed by atoms with Crippen LogP contribution in [0.3, 0.4) is 0 Å². The quantitative estimate of drug-likeness (QED) is 0.310. The van der Waals surface area contributed by atoms with Crippen molar-refractivity contribution in [2.24, 2.45) is 5.92 Å². The van der Waals surface area contributed by atoms with Crippen LogP contribution in [0.1, 0.15) is 70.1 Å². The van der Waals surface area contributed by atoms with Gasteiger partial charge < -0.3 is 10.6 Å². The molecule has 1 aliphatic heterocycles. The summed E-state index contributed by atoms with van der Waals surface area (Å²) >= 11 is 6.13. The van der Waals surface area contributed by atoms with E-state index < -0.39 is 15.9 Å². The molecule has 1 fully saturated rings. The predicted octanol–water partition coefficient (Wildman–Crippen LogP) is 4.37. The fourth-order valence-corrected chi connectivity index (χ4v) is 5.01. The van der Waals surface area contributed by atoms with Crippen molar-refractivity contribution in [3.05, 3.63) is 40.9 Å². The summed E-state index contributed by atoms with van der Waals surface area (Å²) in [7, 11) is -4.22. The van der Waals surface area contributed by atoms with Crippen LogP contribution in [-0.2, 0) is 15.4 Å². The molecule has 1 aliphatic rings. The highest BCUT2D eigenvalue weighted by molar-refractivity contribution is 7.90. The molecule has 1 saturated heterocycles. The summed E-state index contributed by atoms with van der Waals surface area (Å²) in [5, 5.41) is 6.30. The Morgan fingerprint density at radius 1 is 1.22 bits per heavy atom. The van der Waals surface area contributed by atoms with Gasteiger partial charge in [0, 0.05) is 23.7 Å². The molecule has 1 atom stereocenters. The second-order valence-corrected chi connectivity index (χ2v) is 12.3. The Morgan fingerprint density at radius 2 is 1.92 bits per heavy atom. The van der Waals surface area contributed by atoms with E-state index in [1.807, 2.05) is 25.5 Å². The van der Waals surface area contributed by atoms with E-state index in [2.05, 4.69) is 39.4 Å². The van der Waals surface area contributed by atoms with E-state index in [-0.39, 0.29) is 51.5 Å². The van der Waals surface area contributed by atoms with Crippen LogP contribution in [0, 0.1) is 5.92 Å². The highest BCUT2D eigenvalue weighted by atomic mass is 35.5. The van der Waals surface area contributed by atoms with Crippen LogP contribution >= 0.6 is 36.4 Å². The van der Waals surface area contributed by atoms with E-state index >= 15 is 0 Å². The van der Waals surface area contributed by atoms with Crippen molar-refractivity contribution in [3.63, 3.8) is 0 Å². The molecule has 0 aromatic carbocycles. The normalized spacial score (nSPS) is 17.0. The summed E-state index contributed by atoms with van der Waals surface area (Å²) in [4.78, 5) is 25.0. The zero-order valence-electron chi connectivity index (χ0n) is 21.1. The lowest BCUT2D eigenvalue weighted by atomic mass is 9.94. The lowest BCUT2D eigenvalue weighted by Gasteiger charge is -2.17. The van der Waals surface area contributed by atoms with Gasteiger partial charge in [-0.3, -0.25) is 4.79 Å². The average molecular weight is 582 g/mol. The van der Waals surface area contributed by atoms with E-state index in [1.165, 1.54) is 12.3 Å². The number of hydrogen-bond acceptors (Lipinski definition) is 8. The minimum absolute atomic E-state index is 0. The lowest BCUT2D eigenvalue weighted by Crippen LogP contribution is -2.32. The van der Waals surface area contributed by atoms with Gasteiger partial charge >= 0.3 is 0 Å². The zero-order chi connectivity index (χ0) is 25.1. The number of sulfonamides is 1. The molecule has 0 bridgehead atoms. The van der Waals surface area contributed by atoms with E-state index in [4.69, 9.17) is 11.6 Å². The molecule has 1 amide bonds. The molecule has 36 heavy (non-hydrogen) atoms. The van der Waals surface area contributed by atoms with Gasteiger partial charge in [0.2, 0.25) is 0 Å². The van der Waals surface area contributed by atoms with Crippen molar-refractivity contribution >= 4 is 58.2 Å². The molecule has 13 heteroatoms. The fraction of sp³-hybridized carbons (Fsp3) is 0.565. The van der Waals surface area contributed by atoms with Crippen LogP contribution in [0.4, 0.5) is 5.82 Å². The number of hydrogen-bond donors (Lipinski definition) is 3. The largest absolute Gasteiger partial charge is 0.370 e.